The molecule has 0 aliphatic carbocycles. The smallest absolute Gasteiger partial charge is 0.345 e. The number of hydrogen-bond acceptors (Lipinski definition) is 7. The van der Waals surface area contributed by atoms with Gasteiger partial charge in [0.1, 0.15) is 0 Å². The van der Waals surface area contributed by atoms with E-state index in [0.29, 0.717) is 23.8 Å². The molecule has 3 aromatic rings. The average Bonchev–Trinajstić information content (AvgIpc) is 2.97. The zero-order chi connectivity index (χ0) is 30.4. The quantitative estimate of drug-likeness (QED) is 0.118. The lowest BCUT2D eigenvalue weighted by molar-refractivity contribution is -0.0180. The van der Waals surface area contributed by atoms with Crippen LogP contribution in [-0.4, -0.2) is 46.8 Å². The van der Waals surface area contributed by atoms with Crippen LogP contribution in [0.25, 0.3) is 22.2 Å². The van der Waals surface area contributed by atoms with Crippen molar-refractivity contribution in [1.82, 2.24) is 4.98 Å². The van der Waals surface area contributed by atoms with Crippen molar-refractivity contribution >= 4 is 34.6 Å². The normalized spacial score (nSPS) is 12.0. The van der Waals surface area contributed by atoms with Gasteiger partial charge < -0.3 is 13.9 Å². The second kappa shape index (κ2) is 18.0. The highest BCUT2D eigenvalue weighted by molar-refractivity contribution is 8.02. The lowest BCUT2D eigenvalue weighted by Gasteiger charge is -2.26. The Bertz CT molecular complexity index is 1290. The third kappa shape index (κ3) is 11.6. The molecule has 0 unspecified atom stereocenters. The predicted octanol–water partition coefficient (Wildman–Crippen LogP) is 9.23. The second-order valence-corrected chi connectivity index (χ2v) is 14.4. The van der Waals surface area contributed by atoms with E-state index in [-0.39, 0.29) is 11.2 Å². The summed E-state index contributed by atoms with van der Waals surface area (Å²) in [6.07, 6.45) is 7.89. The van der Waals surface area contributed by atoms with Gasteiger partial charge in [0.25, 0.3) is 0 Å². The van der Waals surface area contributed by atoms with Gasteiger partial charge in [0.05, 0.1) is 24.4 Å². The Morgan fingerprint density at radius 1 is 0.929 bits per heavy atom. The van der Waals surface area contributed by atoms with E-state index in [1.54, 1.807) is 0 Å². The first-order chi connectivity index (χ1) is 20.2. The molecule has 0 atom stereocenters. The summed E-state index contributed by atoms with van der Waals surface area (Å²) in [6.45, 7) is 14.6. The molecule has 0 N–H and O–H groups in total. The molecule has 1 aromatic carbocycles. The summed E-state index contributed by atoms with van der Waals surface area (Å²) in [5.74, 6) is 5.29. The summed E-state index contributed by atoms with van der Waals surface area (Å²) in [6, 6.07) is 12.1. The van der Waals surface area contributed by atoms with E-state index in [1.807, 2.05) is 41.7 Å². The number of pyridine rings is 1. The minimum Gasteiger partial charge on any atom is -0.477 e. The zero-order valence-electron chi connectivity index (χ0n) is 26.6. The van der Waals surface area contributed by atoms with Gasteiger partial charge in [-0.05, 0) is 80.7 Å². The van der Waals surface area contributed by atoms with Crippen molar-refractivity contribution in [3.63, 3.8) is 0 Å². The van der Waals surface area contributed by atoms with Crippen molar-refractivity contribution in [1.29, 1.82) is 0 Å². The van der Waals surface area contributed by atoms with Crippen LogP contribution in [0.3, 0.4) is 0 Å². The summed E-state index contributed by atoms with van der Waals surface area (Å²) in [4.78, 5) is 17.4. The number of rotatable bonds is 20. The third-order valence-corrected chi connectivity index (χ3v) is 9.53. The van der Waals surface area contributed by atoms with E-state index in [9.17, 15) is 4.79 Å². The lowest BCUT2D eigenvalue weighted by atomic mass is 9.95. The van der Waals surface area contributed by atoms with Crippen molar-refractivity contribution in [3.8, 4) is 17.0 Å². The molecule has 2 aromatic heterocycles. The van der Waals surface area contributed by atoms with Crippen LogP contribution in [0.1, 0.15) is 84.8 Å². The topological polar surface area (TPSA) is 61.6 Å². The maximum Gasteiger partial charge on any atom is 0.345 e. The maximum atomic E-state index is 13.0. The van der Waals surface area contributed by atoms with Crippen LogP contribution in [-0.2, 0) is 17.6 Å². The fourth-order valence-corrected chi connectivity index (χ4v) is 6.55. The standard InChI is InChI=1S/C35H51NO4S2/c1-7-9-10-11-27-12-14-30(28(8-2)24-27)31-25-29-13-15-32(36-33(29)40-34(31)37)38-18-20-41-22-23-42-21-19-39-35(5,6)17-16-26(3)4/h12-15,24-26H,7-11,16-23H2,1-6H3. The van der Waals surface area contributed by atoms with E-state index >= 15 is 0 Å². The molecule has 232 valence electrons. The van der Waals surface area contributed by atoms with Crippen LogP contribution < -0.4 is 10.4 Å². The molecule has 3 rings (SSSR count). The van der Waals surface area contributed by atoms with Crippen molar-refractivity contribution < 1.29 is 13.9 Å². The molecule has 0 aliphatic rings. The number of thioether (sulfide) groups is 2. The molecular formula is C35H51NO4S2. The highest BCUT2D eigenvalue weighted by atomic mass is 32.2. The Hall–Kier alpha value is -1.96. The van der Waals surface area contributed by atoms with Gasteiger partial charge in [-0.3, -0.25) is 0 Å². The Morgan fingerprint density at radius 2 is 1.69 bits per heavy atom. The van der Waals surface area contributed by atoms with Crippen molar-refractivity contribution in [2.24, 2.45) is 5.92 Å². The zero-order valence-corrected chi connectivity index (χ0v) is 28.3. The van der Waals surface area contributed by atoms with Crippen LogP contribution in [0.5, 0.6) is 5.88 Å². The number of nitrogens with zero attached hydrogens (tertiary/aromatic N) is 1. The number of fused-ring (bicyclic) bond motifs is 1. The SMILES string of the molecule is CCCCCc1ccc(-c2cc3ccc(OCCSCCSCCOC(C)(C)CCC(C)C)nc3oc2=O)c(CC)c1. The fraction of sp³-hybridized carbons (Fsp3) is 0.600. The van der Waals surface area contributed by atoms with Gasteiger partial charge in [-0.1, -0.05) is 58.7 Å². The number of benzene rings is 1. The van der Waals surface area contributed by atoms with Crippen LogP contribution in [0.15, 0.2) is 45.6 Å². The maximum absolute atomic E-state index is 13.0. The van der Waals surface area contributed by atoms with E-state index in [1.165, 1.54) is 36.8 Å². The number of aromatic nitrogens is 1. The molecule has 0 saturated carbocycles. The molecule has 0 saturated heterocycles. The van der Waals surface area contributed by atoms with Gasteiger partial charge in [0.2, 0.25) is 11.6 Å². The summed E-state index contributed by atoms with van der Waals surface area (Å²) < 4.78 is 17.6. The predicted molar refractivity (Wildman–Crippen MR) is 183 cm³/mol. The molecule has 0 bridgehead atoms. The fourth-order valence-electron chi connectivity index (χ4n) is 4.80. The van der Waals surface area contributed by atoms with Crippen LogP contribution in [0, 0.1) is 5.92 Å². The van der Waals surface area contributed by atoms with Crippen molar-refractivity contribution in [3.05, 3.63) is 57.9 Å². The number of hydrogen-bond donors (Lipinski definition) is 0. The van der Waals surface area contributed by atoms with E-state index in [4.69, 9.17) is 13.9 Å². The molecule has 0 amide bonds. The van der Waals surface area contributed by atoms with E-state index in [0.717, 1.165) is 65.7 Å². The first-order valence-corrected chi connectivity index (χ1v) is 18.0. The highest BCUT2D eigenvalue weighted by Gasteiger charge is 2.18. The van der Waals surface area contributed by atoms with Gasteiger partial charge in [-0.2, -0.15) is 28.5 Å². The second-order valence-electron chi connectivity index (χ2n) is 11.9. The molecule has 0 spiro atoms. The van der Waals surface area contributed by atoms with Crippen LogP contribution in [0.2, 0.25) is 0 Å². The minimum atomic E-state index is -0.363. The molecule has 42 heavy (non-hydrogen) atoms. The van der Waals surface area contributed by atoms with Gasteiger partial charge in [0, 0.05) is 34.5 Å². The first-order valence-electron chi connectivity index (χ1n) is 15.7. The van der Waals surface area contributed by atoms with Gasteiger partial charge in [-0.25, -0.2) is 4.79 Å². The summed E-state index contributed by atoms with van der Waals surface area (Å²) in [7, 11) is 0. The molecule has 0 fully saturated rings. The van der Waals surface area contributed by atoms with E-state index in [2.05, 4.69) is 64.7 Å². The third-order valence-electron chi connectivity index (χ3n) is 7.38. The number of unbranched alkanes of at least 4 members (excludes halogenated alkanes) is 2. The van der Waals surface area contributed by atoms with Gasteiger partial charge in [-0.15, -0.1) is 0 Å². The van der Waals surface area contributed by atoms with Gasteiger partial charge >= 0.3 is 5.63 Å². The van der Waals surface area contributed by atoms with Crippen molar-refractivity contribution in [2.45, 2.75) is 92.1 Å². The average molecular weight is 614 g/mol. The van der Waals surface area contributed by atoms with Crippen LogP contribution in [0.4, 0.5) is 0 Å². The first kappa shape index (κ1) is 34.5. The Labute approximate surface area is 261 Å². The largest absolute Gasteiger partial charge is 0.477 e. The Morgan fingerprint density at radius 3 is 2.40 bits per heavy atom. The molecule has 2 heterocycles. The monoisotopic (exact) mass is 613 g/mol. The molecule has 7 heteroatoms. The molecule has 0 aliphatic heterocycles. The molecular weight excluding hydrogens is 563 g/mol. The molecule has 0 radical (unpaired) electrons. The summed E-state index contributed by atoms with van der Waals surface area (Å²) >= 11 is 3.82. The van der Waals surface area contributed by atoms with Crippen molar-refractivity contribution in [2.75, 3.05) is 36.2 Å². The number of aryl methyl sites for hydroxylation is 2. The van der Waals surface area contributed by atoms with E-state index < -0.39 is 0 Å². The Balaban J connectivity index is 1.43. The summed E-state index contributed by atoms with van der Waals surface area (Å²) in [5.41, 5.74) is 3.96. The van der Waals surface area contributed by atoms with Gasteiger partial charge in [0.15, 0.2) is 0 Å². The van der Waals surface area contributed by atoms with Crippen LogP contribution >= 0.6 is 23.5 Å². The summed E-state index contributed by atoms with van der Waals surface area (Å²) in [5, 5.41) is 0.796. The number of ether oxygens (including phenoxy) is 2. The highest BCUT2D eigenvalue weighted by Crippen LogP contribution is 2.27. The lowest BCUT2D eigenvalue weighted by Crippen LogP contribution is -2.26. The Kier molecular flexibility index (Phi) is 14.8. The minimum absolute atomic E-state index is 0.0309. The molecule has 5 nitrogen and oxygen atoms in total.